The van der Waals surface area contributed by atoms with E-state index in [1.165, 1.54) is 10.5 Å². The van der Waals surface area contributed by atoms with Gasteiger partial charge in [0, 0.05) is 12.2 Å². The molecule has 0 aliphatic carbocycles. The Morgan fingerprint density at radius 3 is 2.31 bits per heavy atom. The number of carbonyl (C=O) groups is 2. The van der Waals surface area contributed by atoms with Crippen molar-refractivity contribution in [2.75, 3.05) is 19.0 Å². The fourth-order valence-corrected chi connectivity index (χ4v) is 3.10. The number of carbonyl (C=O) groups excluding carboxylic acids is 2. The molecule has 5 heteroatoms. The Hall–Kier alpha value is -2.82. The van der Waals surface area contributed by atoms with Crippen molar-refractivity contribution in [2.24, 2.45) is 0 Å². The van der Waals surface area contributed by atoms with E-state index in [9.17, 15) is 9.59 Å². The Bertz CT molecular complexity index is 769. The highest BCUT2D eigenvalue weighted by atomic mass is 16.5. The smallest absolute Gasteiger partial charge is 0.252 e. The van der Waals surface area contributed by atoms with Crippen LogP contribution in [0.2, 0.25) is 0 Å². The van der Waals surface area contributed by atoms with Gasteiger partial charge in [0.15, 0.2) is 0 Å². The molecule has 0 aromatic heterocycles. The highest BCUT2D eigenvalue weighted by Gasteiger charge is 2.38. The zero-order chi connectivity index (χ0) is 18.5. The number of ether oxygens (including phenoxy) is 1. The quantitative estimate of drug-likeness (QED) is 0.778. The zero-order valence-corrected chi connectivity index (χ0v) is 15.2. The number of imide groups is 1. The highest BCUT2D eigenvalue weighted by molar-refractivity contribution is 6.06. The normalized spacial score (nSPS) is 16.8. The van der Waals surface area contributed by atoms with Crippen LogP contribution in [0.4, 0.5) is 5.69 Å². The molecule has 1 N–H and O–H groups in total. The summed E-state index contributed by atoms with van der Waals surface area (Å²) < 4.78 is 5.14. The largest absolute Gasteiger partial charge is 0.497 e. The van der Waals surface area contributed by atoms with Gasteiger partial charge in [-0.1, -0.05) is 31.2 Å². The average molecular weight is 352 g/mol. The van der Waals surface area contributed by atoms with E-state index in [1.807, 2.05) is 48.5 Å². The van der Waals surface area contributed by atoms with Crippen molar-refractivity contribution in [3.63, 3.8) is 0 Å². The lowest BCUT2D eigenvalue weighted by Gasteiger charge is -2.16. The molecule has 136 valence electrons. The van der Waals surface area contributed by atoms with Crippen molar-refractivity contribution in [3.8, 4) is 5.75 Å². The van der Waals surface area contributed by atoms with Crippen LogP contribution >= 0.6 is 0 Å². The Labute approximate surface area is 154 Å². The summed E-state index contributed by atoms with van der Waals surface area (Å²) in [4.78, 5) is 26.2. The number of nitrogens with zero attached hydrogens (tertiary/aromatic N) is 1. The molecule has 0 saturated carbocycles. The maximum absolute atomic E-state index is 12.6. The standard InChI is InChI=1S/C21H24N2O3/c1-3-15-4-8-17(9-5-15)22-19-14-20(24)23(21(19)25)13-12-16-6-10-18(26-2)11-7-16/h4-11,19,22H,3,12-14H2,1-2H3/t19-/m1/s1. The van der Waals surface area contributed by atoms with E-state index in [0.717, 1.165) is 23.4 Å². The minimum Gasteiger partial charge on any atom is -0.497 e. The molecule has 1 saturated heterocycles. The van der Waals surface area contributed by atoms with Gasteiger partial charge in [-0.25, -0.2) is 0 Å². The van der Waals surface area contributed by atoms with Crippen LogP contribution in [0.15, 0.2) is 48.5 Å². The fraction of sp³-hybridized carbons (Fsp3) is 0.333. The summed E-state index contributed by atoms with van der Waals surface area (Å²) in [6, 6.07) is 15.2. The van der Waals surface area contributed by atoms with Gasteiger partial charge in [-0.05, 0) is 48.2 Å². The number of rotatable bonds is 7. The van der Waals surface area contributed by atoms with Gasteiger partial charge < -0.3 is 10.1 Å². The van der Waals surface area contributed by atoms with Gasteiger partial charge in [-0.3, -0.25) is 14.5 Å². The molecule has 1 fully saturated rings. The number of hydrogen-bond acceptors (Lipinski definition) is 4. The van der Waals surface area contributed by atoms with Crippen molar-refractivity contribution >= 4 is 17.5 Å². The number of hydrogen-bond donors (Lipinski definition) is 1. The van der Waals surface area contributed by atoms with Crippen molar-refractivity contribution in [3.05, 3.63) is 59.7 Å². The van der Waals surface area contributed by atoms with Crippen molar-refractivity contribution < 1.29 is 14.3 Å². The Morgan fingerprint density at radius 1 is 1.04 bits per heavy atom. The van der Waals surface area contributed by atoms with E-state index in [2.05, 4.69) is 12.2 Å². The molecular formula is C21H24N2O3. The molecule has 2 aromatic carbocycles. The summed E-state index contributed by atoms with van der Waals surface area (Å²) in [5.41, 5.74) is 3.17. The summed E-state index contributed by atoms with van der Waals surface area (Å²) in [5.74, 6) is 0.523. The van der Waals surface area contributed by atoms with Gasteiger partial charge in [0.1, 0.15) is 11.8 Å². The number of nitrogens with one attached hydrogen (secondary N) is 1. The second-order valence-corrected chi connectivity index (χ2v) is 6.43. The van der Waals surface area contributed by atoms with E-state index < -0.39 is 6.04 Å². The topological polar surface area (TPSA) is 58.6 Å². The predicted molar refractivity (Wildman–Crippen MR) is 101 cm³/mol. The van der Waals surface area contributed by atoms with E-state index >= 15 is 0 Å². The first-order chi connectivity index (χ1) is 12.6. The lowest BCUT2D eigenvalue weighted by molar-refractivity contribution is -0.138. The second kappa shape index (κ2) is 8.04. The number of benzene rings is 2. The highest BCUT2D eigenvalue weighted by Crippen LogP contribution is 2.20. The van der Waals surface area contributed by atoms with Crippen LogP contribution in [-0.4, -0.2) is 36.4 Å². The van der Waals surface area contributed by atoms with E-state index in [4.69, 9.17) is 4.74 Å². The van der Waals surface area contributed by atoms with Gasteiger partial charge in [0.2, 0.25) is 5.91 Å². The number of likely N-dealkylation sites (tertiary alicyclic amines) is 1. The molecule has 1 aliphatic rings. The van der Waals surface area contributed by atoms with Crippen LogP contribution in [0.1, 0.15) is 24.5 Å². The van der Waals surface area contributed by atoms with Crippen LogP contribution in [-0.2, 0) is 22.4 Å². The molecule has 1 aliphatic heterocycles. The molecule has 1 atom stereocenters. The van der Waals surface area contributed by atoms with E-state index in [-0.39, 0.29) is 18.2 Å². The van der Waals surface area contributed by atoms with Crippen molar-refractivity contribution in [1.29, 1.82) is 0 Å². The maximum Gasteiger partial charge on any atom is 0.252 e. The van der Waals surface area contributed by atoms with Crippen molar-refractivity contribution in [2.45, 2.75) is 32.2 Å². The van der Waals surface area contributed by atoms with E-state index in [0.29, 0.717) is 13.0 Å². The van der Waals surface area contributed by atoms with Crippen molar-refractivity contribution in [1.82, 2.24) is 4.90 Å². The van der Waals surface area contributed by atoms with Crippen LogP contribution in [0.25, 0.3) is 0 Å². The summed E-state index contributed by atoms with van der Waals surface area (Å²) in [6.07, 6.45) is 1.82. The Balaban J connectivity index is 1.58. The Morgan fingerprint density at radius 2 is 1.69 bits per heavy atom. The molecule has 2 amide bonds. The van der Waals surface area contributed by atoms with E-state index in [1.54, 1.807) is 7.11 Å². The van der Waals surface area contributed by atoms with Gasteiger partial charge in [-0.2, -0.15) is 0 Å². The van der Waals surface area contributed by atoms with Gasteiger partial charge in [-0.15, -0.1) is 0 Å². The molecule has 0 radical (unpaired) electrons. The third kappa shape index (κ3) is 4.04. The van der Waals surface area contributed by atoms with Crippen LogP contribution in [0, 0.1) is 0 Å². The molecule has 5 nitrogen and oxygen atoms in total. The minimum atomic E-state index is -0.481. The SMILES string of the molecule is CCc1ccc(N[C@@H]2CC(=O)N(CCc3ccc(OC)cc3)C2=O)cc1. The third-order valence-corrected chi connectivity index (χ3v) is 4.73. The minimum absolute atomic E-state index is 0.119. The number of amides is 2. The molecular weight excluding hydrogens is 328 g/mol. The molecule has 1 heterocycles. The van der Waals surface area contributed by atoms with Gasteiger partial charge in [0.05, 0.1) is 13.5 Å². The maximum atomic E-state index is 12.6. The molecule has 26 heavy (non-hydrogen) atoms. The van der Waals surface area contributed by atoms with Gasteiger partial charge >= 0.3 is 0 Å². The number of aryl methyl sites for hydroxylation is 1. The summed E-state index contributed by atoms with van der Waals surface area (Å²) in [5, 5.41) is 3.19. The molecule has 0 bridgehead atoms. The number of anilines is 1. The summed E-state index contributed by atoms with van der Waals surface area (Å²) >= 11 is 0. The Kier molecular flexibility index (Phi) is 5.56. The van der Waals surface area contributed by atoms with Crippen LogP contribution in [0.5, 0.6) is 5.75 Å². The molecule has 2 aromatic rings. The summed E-state index contributed by atoms with van der Waals surface area (Å²) in [6.45, 7) is 2.50. The zero-order valence-electron chi connectivity index (χ0n) is 15.2. The summed E-state index contributed by atoms with van der Waals surface area (Å²) in [7, 11) is 1.62. The first-order valence-electron chi connectivity index (χ1n) is 8.93. The second-order valence-electron chi connectivity index (χ2n) is 6.43. The first kappa shape index (κ1) is 18.0. The molecule has 0 spiro atoms. The van der Waals surface area contributed by atoms with Crippen LogP contribution in [0.3, 0.4) is 0 Å². The monoisotopic (exact) mass is 352 g/mol. The first-order valence-corrected chi connectivity index (χ1v) is 8.93. The average Bonchev–Trinajstić information content (AvgIpc) is 2.94. The van der Waals surface area contributed by atoms with Crippen LogP contribution < -0.4 is 10.1 Å². The third-order valence-electron chi connectivity index (χ3n) is 4.73. The van der Waals surface area contributed by atoms with Gasteiger partial charge in [0.25, 0.3) is 5.91 Å². The molecule has 0 unspecified atom stereocenters. The molecule has 3 rings (SSSR count). The lowest BCUT2D eigenvalue weighted by Crippen LogP contribution is -2.36. The fourth-order valence-electron chi connectivity index (χ4n) is 3.10. The predicted octanol–water partition coefficient (Wildman–Crippen LogP) is 3.04. The number of methoxy groups -OCH3 is 1. The lowest BCUT2D eigenvalue weighted by atomic mass is 10.1.